The van der Waals surface area contributed by atoms with Crippen molar-refractivity contribution in [3.63, 3.8) is 0 Å². The van der Waals surface area contributed by atoms with E-state index >= 15 is 0 Å². The first-order valence-corrected chi connectivity index (χ1v) is 3.74. The second-order valence-corrected chi connectivity index (χ2v) is 2.67. The molecular weight excluding hydrogens is 140 g/mol. The fourth-order valence-corrected chi connectivity index (χ4v) is 0.948. The van der Waals surface area contributed by atoms with Gasteiger partial charge in [-0.1, -0.05) is 0 Å². The maximum absolute atomic E-state index is 5.13. The van der Waals surface area contributed by atoms with Gasteiger partial charge in [0.25, 0.3) is 0 Å². The summed E-state index contributed by atoms with van der Waals surface area (Å²) in [7, 11) is 1.72. The van der Waals surface area contributed by atoms with E-state index in [4.69, 9.17) is 4.74 Å². The van der Waals surface area contributed by atoms with Gasteiger partial charge in [-0.2, -0.15) is 0 Å². The number of aromatic nitrogens is 2. The zero-order valence-electron chi connectivity index (χ0n) is 7.24. The van der Waals surface area contributed by atoms with Crippen LogP contribution in [0.1, 0.15) is 12.7 Å². The molecule has 0 fully saturated rings. The van der Waals surface area contributed by atoms with Crippen molar-refractivity contribution < 1.29 is 4.74 Å². The second kappa shape index (κ2) is 3.53. The molecule has 1 unspecified atom stereocenters. The van der Waals surface area contributed by atoms with Gasteiger partial charge >= 0.3 is 0 Å². The summed E-state index contributed by atoms with van der Waals surface area (Å²) < 4.78 is 7.21. The van der Waals surface area contributed by atoms with Crippen LogP contribution < -0.4 is 0 Å². The third kappa shape index (κ3) is 2.05. The molecule has 0 saturated heterocycles. The van der Waals surface area contributed by atoms with Crippen molar-refractivity contribution in [1.29, 1.82) is 0 Å². The normalized spacial score (nSPS) is 13.4. The maximum Gasteiger partial charge on any atom is 0.105 e. The van der Waals surface area contributed by atoms with E-state index in [0.29, 0.717) is 0 Å². The lowest BCUT2D eigenvalue weighted by atomic mass is 10.4. The number of hydrogen-bond donors (Lipinski definition) is 0. The Balaban J connectivity index is 2.56. The van der Waals surface area contributed by atoms with Crippen molar-refractivity contribution in [3.8, 4) is 0 Å². The predicted octanol–water partition coefficient (Wildman–Crippen LogP) is 1.23. The Hall–Kier alpha value is -0.830. The molecule has 62 valence electrons. The number of ether oxygens (including phenoxy) is 1. The maximum atomic E-state index is 5.13. The van der Waals surface area contributed by atoms with Gasteiger partial charge in [0.2, 0.25) is 0 Å². The first kappa shape index (κ1) is 8.27. The fraction of sp³-hybridized carbons (Fsp3) is 0.625. The van der Waals surface area contributed by atoms with Gasteiger partial charge in [-0.15, -0.1) is 0 Å². The Labute approximate surface area is 67.0 Å². The van der Waals surface area contributed by atoms with Gasteiger partial charge < -0.3 is 9.30 Å². The highest BCUT2D eigenvalue weighted by atomic mass is 16.5. The Morgan fingerprint density at radius 2 is 2.45 bits per heavy atom. The lowest BCUT2D eigenvalue weighted by Gasteiger charge is -2.10. The molecule has 0 aliphatic heterocycles. The monoisotopic (exact) mass is 154 g/mol. The van der Waals surface area contributed by atoms with Gasteiger partial charge in [0, 0.05) is 26.0 Å². The minimum atomic E-state index is 0.253. The van der Waals surface area contributed by atoms with Crippen LogP contribution in [0.25, 0.3) is 0 Å². The molecule has 0 amide bonds. The van der Waals surface area contributed by atoms with Gasteiger partial charge in [-0.05, 0) is 13.8 Å². The summed E-state index contributed by atoms with van der Waals surface area (Å²) in [4.78, 5) is 4.11. The third-order valence-electron chi connectivity index (χ3n) is 1.78. The Morgan fingerprint density at radius 1 is 1.73 bits per heavy atom. The third-order valence-corrected chi connectivity index (χ3v) is 1.78. The van der Waals surface area contributed by atoms with Crippen LogP contribution in [0.15, 0.2) is 12.4 Å². The average Bonchev–Trinajstić information content (AvgIpc) is 2.37. The van der Waals surface area contributed by atoms with Gasteiger partial charge in [0.05, 0.1) is 6.10 Å². The van der Waals surface area contributed by atoms with Crippen LogP contribution in [-0.2, 0) is 11.3 Å². The van der Waals surface area contributed by atoms with Crippen molar-refractivity contribution in [3.05, 3.63) is 18.2 Å². The van der Waals surface area contributed by atoms with E-state index in [1.54, 1.807) is 13.3 Å². The highest BCUT2D eigenvalue weighted by molar-refractivity contribution is 4.88. The molecule has 1 atom stereocenters. The molecule has 1 aromatic heterocycles. The Bertz CT molecular complexity index is 220. The van der Waals surface area contributed by atoms with Crippen molar-refractivity contribution in [1.82, 2.24) is 9.55 Å². The molecule has 0 aliphatic rings. The highest BCUT2D eigenvalue weighted by Gasteiger charge is 2.01. The van der Waals surface area contributed by atoms with Crippen LogP contribution in [0.2, 0.25) is 0 Å². The molecule has 0 saturated carbocycles. The molecule has 0 bridgehead atoms. The lowest BCUT2D eigenvalue weighted by molar-refractivity contribution is 0.103. The van der Waals surface area contributed by atoms with Gasteiger partial charge in [-0.25, -0.2) is 4.98 Å². The summed E-state index contributed by atoms with van der Waals surface area (Å²) in [6.07, 6.45) is 4.02. The number of aryl methyl sites for hydroxylation is 1. The van der Waals surface area contributed by atoms with Crippen LogP contribution in [0.3, 0.4) is 0 Å². The molecule has 0 N–H and O–H groups in total. The predicted molar refractivity (Wildman–Crippen MR) is 43.4 cm³/mol. The largest absolute Gasteiger partial charge is 0.380 e. The average molecular weight is 154 g/mol. The van der Waals surface area contributed by atoms with Crippen LogP contribution in [0, 0.1) is 6.92 Å². The van der Waals surface area contributed by atoms with Crippen LogP contribution >= 0.6 is 0 Å². The summed E-state index contributed by atoms with van der Waals surface area (Å²) in [5.74, 6) is 1.04. The van der Waals surface area contributed by atoms with Crippen LogP contribution in [0.4, 0.5) is 0 Å². The molecule has 3 nitrogen and oxygen atoms in total. The smallest absolute Gasteiger partial charge is 0.105 e. The minimum absolute atomic E-state index is 0.253. The molecule has 3 heteroatoms. The summed E-state index contributed by atoms with van der Waals surface area (Å²) in [5.41, 5.74) is 0. The van der Waals surface area contributed by atoms with E-state index < -0.39 is 0 Å². The van der Waals surface area contributed by atoms with Crippen LogP contribution in [0.5, 0.6) is 0 Å². The van der Waals surface area contributed by atoms with Gasteiger partial charge in [-0.3, -0.25) is 0 Å². The first-order valence-electron chi connectivity index (χ1n) is 3.74. The van der Waals surface area contributed by atoms with Crippen molar-refractivity contribution in [2.75, 3.05) is 7.11 Å². The van der Waals surface area contributed by atoms with Crippen LogP contribution in [-0.4, -0.2) is 22.8 Å². The summed E-state index contributed by atoms with van der Waals surface area (Å²) in [6.45, 7) is 4.91. The number of nitrogens with zero attached hydrogens (tertiary/aromatic N) is 2. The van der Waals surface area contributed by atoms with E-state index in [9.17, 15) is 0 Å². The van der Waals surface area contributed by atoms with E-state index in [1.807, 2.05) is 20.0 Å². The van der Waals surface area contributed by atoms with Gasteiger partial charge in [0.15, 0.2) is 0 Å². The SMILES string of the molecule is COC(C)Cn1ccnc1C. The highest BCUT2D eigenvalue weighted by Crippen LogP contribution is 1.99. The van der Waals surface area contributed by atoms with E-state index in [-0.39, 0.29) is 6.10 Å². The number of hydrogen-bond acceptors (Lipinski definition) is 2. The molecular formula is C8H14N2O. The lowest BCUT2D eigenvalue weighted by Crippen LogP contribution is -2.14. The van der Waals surface area contributed by atoms with Crippen molar-refractivity contribution in [2.24, 2.45) is 0 Å². The summed E-state index contributed by atoms with van der Waals surface area (Å²) in [5, 5.41) is 0. The Kier molecular flexibility index (Phi) is 2.65. The quantitative estimate of drug-likeness (QED) is 0.654. The molecule has 11 heavy (non-hydrogen) atoms. The summed E-state index contributed by atoms with van der Waals surface area (Å²) in [6, 6.07) is 0. The summed E-state index contributed by atoms with van der Waals surface area (Å²) >= 11 is 0. The van der Waals surface area contributed by atoms with E-state index in [2.05, 4.69) is 9.55 Å². The van der Waals surface area contributed by atoms with Gasteiger partial charge in [0.1, 0.15) is 5.82 Å². The van der Waals surface area contributed by atoms with E-state index in [1.165, 1.54) is 0 Å². The van der Waals surface area contributed by atoms with Crippen molar-refractivity contribution >= 4 is 0 Å². The molecule has 0 radical (unpaired) electrons. The number of methoxy groups -OCH3 is 1. The second-order valence-electron chi connectivity index (χ2n) is 2.67. The molecule has 0 aliphatic carbocycles. The first-order chi connectivity index (χ1) is 5.24. The Morgan fingerprint density at radius 3 is 2.91 bits per heavy atom. The molecule has 0 spiro atoms. The van der Waals surface area contributed by atoms with E-state index in [0.717, 1.165) is 12.4 Å². The molecule has 0 aromatic carbocycles. The minimum Gasteiger partial charge on any atom is -0.380 e. The zero-order valence-corrected chi connectivity index (χ0v) is 7.24. The van der Waals surface area contributed by atoms with Crippen molar-refractivity contribution in [2.45, 2.75) is 26.5 Å². The topological polar surface area (TPSA) is 27.1 Å². The number of imidazole rings is 1. The standard InChI is InChI=1S/C8H14N2O/c1-7(11-3)6-10-5-4-9-8(10)2/h4-5,7H,6H2,1-3H3. The number of rotatable bonds is 3. The zero-order chi connectivity index (χ0) is 8.27. The molecule has 1 aromatic rings. The molecule has 1 heterocycles. The fourth-order valence-electron chi connectivity index (χ4n) is 0.948. The molecule has 1 rings (SSSR count).